The lowest BCUT2D eigenvalue weighted by atomic mass is 10.1. The molecular weight excluding hydrogens is 304 g/mol. The van der Waals surface area contributed by atoms with Crippen molar-refractivity contribution in [2.24, 2.45) is 0 Å². The number of aromatic hydroxyl groups is 1. The lowest BCUT2D eigenvalue weighted by Gasteiger charge is -2.11. The molecule has 0 atom stereocenters. The van der Waals surface area contributed by atoms with Crippen LogP contribution in [0.1, 0.15) is 11.4 Å². The molecule has 1 aromatic carbocycles. The van der Waals surface area contributed by atoms with Crippen molar-refractivity contribution in [2.75, 3.05) is 24.7 Å². The van der Waals surface area contributed by atoms with Crippen LogP contribution in [-0.4, -0.2) is 34.2 Å². The molecule has 112 valence electrons. The number of phenolic OH excluding ortho intramolecular Hbond substituents is 1. The first kappa shape index (κ1) is 15.5. The molecule has 0 bridgehead atoms. The molecule has 0 saturated heterocycles. The van der Waals surface area contributed by atoms with E-state index < -0.39 is 0 Å². The van der Waals surface area contributed by atoms with Gasteiger partial charge in [-0.3, -0.25) is 0 Å². The Kier molecular flexibility index (Phi) is 4.44. The molecule has 8 heteroatoms. The Morgan fingerprint density at radius 2 is 2.09 bits per heavy atom. The zero-order valence-electron chi connectivity index (χ0n) is 11.9. The number of allylic oxidation sites excluding steroid dienone is 1. The molecule has 0 aliphatic heterocycles. The van der Waals surface area contributed by atoms with Crippen molar-refractivity contribution >= 4 is 35.1 Å². The first-order valence-electron chi connectivity index (χ1n) is 6.20. The van der Waals surface area contributed by atoms with Gasteiger partial charge in [-0.2, -0.15) is 20.2 Å². The summed E-state index contributed by atoms with van der Waals surface area (Å²) in [5, 5.41) is 18.9. The van der Waals surface area contributed by atoms with Crippen molar-refractivity contribution in [3.05, 3.63) is 34.6 Å². The fourth-order valence-electron chi connectivity index (χ4n) is 1.63. The number of benzene rings is 1. The van der Waals surface area contributed by atoms with Crippen LogP contribution in [0.4, 0.5) is 11.9 Å². The molecule has 0 amide bonds. The van der Waals surface area contributed by atoms with E-state index >= 15 is 0 Å². The van der Waals surface area contributed by atoms with E-state index in [9.17, 15) is 10.4 Å². The van der Waals surface area contributed by atoms with Gasteiger partial charge in [0.05, 0.1) is 10.6 Å². The smallest absolute Gasteiger partial charge is 0.230 e. The van der Waals surface area contributed by atoms with Crippen molar-refractivity contribution in [3.8, 4) is 11.8 Å². The van der Waals surface area contributed by atoms with Crippen LogP contribution in [0.3, 0.4) is 0 Å². The molecule has 2 aromatic rings. The second-order valence-electron chi connectivity index (χ2n) is 4.59. The zero-order chi connectivity index (χ0) is 16.3. The second-order valence-corrected chi connectivity index (χ2v) is 5.00. The minimum Gasteiger partial charge on any atom is -0.506 e. The van der Waals surface area contributed by atoms with Gasteiger partial charge >= 0.3 is 0 Å². The van der Waals surface area contributed by atoms with Crippen molar-refractivity contribution in [1.29, 1.82) is 5.26 Å². The van der Waals surface area contributed by atoms with Gasteiger partial charge in [0, 0.05) is 14.1 Å². The van der Waals surface area contributed by atoms with Gasteiger partial charge < -0.3 is 15.7 Å². The van der Waals surface area contributed by atoms with Gasteiger partial charge in [0.15, 0.2) is 5.82 Å². The molecule has 0 unspecified atom stereocenters. The third kappa shape index (κ3) is 3.42. The minimum atomic E-state index is -0.0309. The number of nitrogen functional groups attached to an aromatic ring is 1. The number of hydrogen-bond donors (Lipinski definition) is 2. The number of anilines is 2. The summed E-state index contributed by atoms with van der Waals surface area (Å²) in [6, 6.07) is 6.62. The molecule has 0 radical (unpaired) electrons. The highest BCUT2D eigenvalue weighted by molar-refractivity contribution is 6.32. The van der Waals surface area contributed by atoms with E-state index in [2.05, 4.69) is 15.0 Å². The van der Waals surface area contributed by atoms with Crippen LogP contribution in [0.2, 0.25) is 5.02 Å². The predicted octanol–water partition coefficient (Wildman–Crippen LogP) is 1.94. The summed E-state index contributed by atoms with van der Waals surface area (Å²) in [7, 11) is 3.52. The zero-order valence-corrected chi connectivity index (χ0v) is 12.7. The summed E-state index contributed by atoms with van der Waals surface area (Å²) in [5.41, 5.74) is 6.48. The highest BCUT2D eigenvalue weighted by Crippen LogP contribution is 2.26. The highest BCUT2D eigenvalue weighted by atomic mass is 35.5. The maximum absolute atomic E-state index is 9.41. The topological polar surface area (TPSA) is 112 Å². The minimum absolute atomic E-state index is 0.0265. The summed E-state index contributed by atoms with van der Waals surface area (Å²) in [4.78, 5) is 13.8. The van der Waals surface area contributed by atoms with E-state index in [1.165, 1.54) is 12.1 Å². The van der Waals surface area contributed by atoms with Crippen LogP contribution >= 0.6 is 11.6 Å². The monoisotopic (exact) mass is 316 g/mol. The maximum atomic E-state index is 9.41. The van der Waals surface area contributed by atoms with Gasteiger partial charge in [-0.25, -0.2) is 0 Å². The molecule has 1 heterocycles. The number of nitrogens with zero attached hydrogens (tertiary/aromatic N) is 5. The quantitative estimate of drug-likeness (QED) is 0.832. The van der Waals surface area contributed by atoms with Crippen LogP contribution in [0, 0.1) is 11.3 Å². The number of nitriles is 1. The third-order valence-electron chi connectivity index (χ3n) is 2.68. The number of nitrogens with two attached hydrogens (primary N) is 1. The number of aromatic nitrogens is 3. The van der Waals surface area contributed by atoms with Gasteiger partial charge in [0.25, 0.3) is 0 Å². The Morgan fingerprint density at radius 1 is 1.36 bits per heavy atom. The van der Waals surface area contributed by atoms with Crippen LogP contribution in [0.5, 0.6) is 5.75 Å². The van der Waals surface area contributed by atoms with Gasteiger partial charge in [-0.05, 0) is 23.8 Å². The number of phenols is 1. The van der Waals surface area contributed by atoms with E-state index in [-0.39, 0.29) is 28.1 Å². The molecule has 3 N–H and O–H groups in total. The Balaban J connectivity index is 2.50. The van der Waals surface area contributed by atoms with E-state index in [1.807, 2.05) is 6.07 Å². The Morgan fingerprint density at radius 3 is 2.68 bits per heavy atom. The molecule has 0 fully saturated rings. The number of hydrogen-bond acceptors (Lipinski definition) is 7. The molecule has 0 spiro atoms. The van der Waals surface area contributed by atoms with E-state index in [1.54, 1.807) is 31.1 Å². The van der Waals surface area contributed by atoms with Gasteiger partial charge in [-0.1, -0.05) is 17.7 Å². The Labute approximate surface area is 132 Å². The van der Waals surface area contributed by atoms with Crippen molar-refractivity contribution in [3.63, 3.8) is 0 Å². The normalized spacial score (nSPS) is 11.1. The lowest BCUT2D eigenvalue weighted by Crippen LogP contribution is -2.15. The molecule has 0 saturated carbocycles. The molecule has 22 heavy (non-hydrogen) atoms. The maximum Gasteiger partial charge on any atom is 0.230 e. The average Bonchev–Trinajstić information content (AvgIpc) is 2.47. The summed E-state index contributed by atoms with van der Waals surface area (Å²) < 4.78 is 0. The van der Waals surface area contributed by atoms with E-state index in [0.29, 0.717) is 11.5 Å². The van der Waals surface area contributed by atoms with Crippen LogP contribution in [-0.2, 0) is 0 Å². The Bertz CT molecular complexity index is 781. The number of rotatable bonds is 3. The lowest BCUT2D eigenvalue weighted by molar-refractivity contribution is 0.475. The van der Waals surface area contributed by atoms with E-state index in [4.69, 9.17) is 17.3 Å². The van der Waals surface area contributed by atoms with Crippen molar-refractivity contribution in [2.45, 2.75) is 0 Å². The molecule has 0 aliphatic carbocycles. The summed E-state index contributed by atoms with van der Waals surface area (Å²) in [6.45, 7) is 0. The summed E-state index contributed by atoms with van der Waals surface area (Å²) >= 11 is 5.85. The number of halogens is 1. The summed E-state index contributed by atoms with van der Waals surface area (Å²) in [5.74, 6) is 0.519. The van der Waals surface area contributed by atoms with Crippen LogP contribution in [0.25, 0.3) is 11.6 Å². The van der Waals surface area contributed by atoms with Crippen LogP contribution in [0.15, 0.2) is 18.2 Å². The predicted molar refractivity (Wildman–Crippen MR) is 85.2 cm³/mol. The molecule has 7 nitrogen and oxygen atoms in total. The molecule has 1 aromatic heterocycles. The van der Waals surface area contributed by atoms with Crippen molar-refractivity contribution < 1.29 is 5.11 Å². The first-order valence-corrected chi connectivity index (χ1v) is 6.58. The van der Waals surface area contributed by atoms with Gasteiger partial charge in [0.1, 0.15) is 11.8 Å². The SMILES string of the molecule is CN(C)c1nc(N)nc(/C(C#N)=C/c2ccc(O)c(Cl)c2)n1. The fourth-order valence-corrected chi connectivity index (χ4v) is 1.82. The van der Waals surface area contributed by atoms with Crippen LogP contribution < -0.4 is 10.6 Å². The Hall–Kier alpha value is -2.85. The third-order valence-corrected chi connectivity index (χ3v) is 2.99. The van der Waals surface area contributed by atoms with E-state index in [0.717, 1.165) is 0 Å². The second kappa shape index (κ2) is 6.28. The largest absolute Gasteiger partial charge is 0.506 e. The first-order chi connectivity index (χ1) is 10.4. The molecule has 2 rings (SSSR count). The summed E-state index contributed by atoms with van der Waals surface area (Å²) in [6.07, 6.45) is 1.56. The molecular formula is C14H13ClN6O. The van der Waals surface area contributed by atoms with Gasteiger partial charge in [-0.15, -0.1) is 0 Å². The average molecular weight is 317 g/mol. The fraction of sp³-hybridized carbons (Fsp3) is 0.143. The standard InChI is InChI=1S/C14H13ClN6O/c1-21(2)14-19-12(18-13(17)20-14)9(7-16)5-8-3-4-11(22)10(15)6-8/h3-6,22H,1-2H3,(H2,17,18,19,20)/b9-5+. The van der Waals surface area contributed by atoms with Crippen molar-refractivity contribution in [1.82, 2.24) is 15.0 Å². The van der Waals surface area contributed by atoms with Gasteiger partial charge in [0.2, 0.25) is 11.9 Å². The highest BCUT2D eigenvalue weighted by Gasteiger charge is 2.11. The molecule has 0 aliphatic rings.